The SMILES string of the molecule is CCOCc1ccccc1NCc1cc(C(=O)O)co1. The third-order valence-corrected chi connectivity index (χ3v) is 2.83. The van der Waals surface area contributed by atoms with Gasteiger partial charge in [0.05, 0.1) is 18.7 Å². The van der Waals surface area contributed by atoms with Crippen LogP contribution in [0.2, 0.25) is 0 Å². The third-order valence-electron chi connectivity index (χ3n) is 2.83. The Morgan fingerprint density at radius 1 is 1.40 bits per heavy atom. The van der Waals surface area contributed by atoms with Gasteiger partial charge in [-0.3, -0.25) is 0 Å². The molecule has 1 aromatic carbocycles. The van der Waals surface area contributed by atoms with Crippen molar-refractivity contribution in [2.45, 2.75) is 20.1 Å². The van der Waals surface area contributed by atoms with Gasteiger partial charge in [-0.2, -0.15) is 0 Å². The average molecular weight is 275 g/mol. The van der Waals surface area contributed by atoms with Gasteiger partial charge in [-0.1, -0.05) is 18.2 Å². The van der Waals surface area contributed by atoms with Crippen LogP contribution in [0.3, 0.4) is 0 Å². The van der Waals surface area contributed by atoms with Crippen LogP contribution >= 0.6 is 0 Å². The number of hydrogen-bond acceptors (Lipinski definition) is 4. The van der Waals surface area contributed by atoms with Crippen molar-refractivity contribution in [1.82, 2.24) is 0 Å². The maximum atomic E-state index is 10.8. The van der Waals surface area contributed by atoms with Crippen molar-refractivity contribution in [3.63, 3.8) is 0 Å². The number of carboxylic acids is 1. The van der Waals surface area contributed by atoms with E-state index >= 15 is 0 Å². The lowest BCUT2D eigenvalue weighted by Crippen LogP contribution is -2.03. The van der Waals surface area contributed by atoms with Gasteiger partial charge in [0.2, 0.25) is 0 Å². The highest BCUT2D eigenvalue weighted by molar-refractivity contribution is 5.87. The number of nitrogens with one attached hydrogen (secondary N) is 1. The Labute approximate surface area is 117 Å². The standard InChI is InChI=1S/C15H17NO4/c1-2-19-9-11-5-3-4-6-14(11)16-8-13-7-12(10-20-13)15(17)18/h3-7,10,16H,2,8-9H2,1H3,(H,17,18). The average Bonchev–Trinajstić information content (AvgIpc) is 2.93. The monoisotopic (exact) mass is 275 g/mol. The summed E-state index contributed by atoms with van der Waals surface area (Å²) in [6.45, 7) is 3.58. The summed E-state index contributed by atoms with van der Waals surface area (Å²) in [4.78, 5) is 10.8. The van der Waals surface area contributed by atoms with Crippen LogP contribution in [0.15, 0.2) is 41.0 Å². The second kappa shape index (κ2) is 6.77. The zero-order chi connectivity index (χ0) is 14.4. The van der Waals surface area contributed by atoms with E-state index in [4.69, 9.17) is 14.3 Å². The molecule has 0 atom stereocenters. The quantitative estimate of drug-likeness (QED) is 0.812. The van der Waals surface area contributed by atoms with Crippen LogP contribution in [0.25, 0.3) is 0 Å². The van der Waals surface area contributed by atoms with E-state index in [0.29, 0.717) is 25.5 Å². The van der Waals surface area contributed by atoms with Crippen LogP contribution in [0.4, 0.5) is 5.69 Å². The molecule has 0 saturated carbocycles. The molecule has 1 aromatic heterocycles. The smallest absolute Gasteiger partial charge is 0.338 e. The molecule has 2 N–H and O–H groups in total. The molecule has 2 rings (SSSR count). The van der Waals surface area contributed by atoms with E-state index in [9.17, 15) is 4.79 Å². The molecule has 20 heavy (non-hydrogen) atoms. The molecule has 0 fully saturated rings. The topological polar surface area (TPSA) is 71.7 Å². The van der Waals surface area contributed by atoms with Crippen LogP contribution < -0.4 is 5.32 Å². The molecule has 0 amide bonds. The fourth-order valence-corrected chi connectivity index (χ4v) is 1.80. The van der Waals surface area contributed by atoms with Crippen molar-refractivity contribution < 1.29 is 19.1 Å². The molecular weight excluding hydrogens is 258 g/mol. The van der Waals surface area contributed by atoms with Gasteiger partial charge >= 0.3 is 5.97 Å². The largest absolute Gasteiger partial charge is 0.478 e. The summed E-state index contributed by atoms with van der Waals surface area (Å²) in [7, 11) is 0. The van der Waals surface area contributed by atoms with Crippen molar-refractivity contribution in [2.75, 3.05) is 11.9 Å². The first-order valence-corrected chi connectivity index (χ1v) is 6.41. The van der Waals surface area contributed by atoms with Crippen LogP contribution in [-0.4, -0.2) is 17.7 Å². The minimum Gasteiger partial charge on any atom is -0.478 e. The van der Waals surface area contributed by atoms with E-state index in [2.05, 4.69) is 5.32 Å². The van der Waals surface area contributed by atoms with Gasteiger partial charge in [-0.05, 0) is 19.1 Å². The van der Waals surface area contributed by atoms with Crippen molar-refractivity contribution in [1.29, 1.82) is 0 Å². The van der Waals surface area contributed by atoms with Crippen LogP contribution in [0.5, 0.6) is 0 Å². The summed E-state index contributed by atoms with van der Waals surface area (Å²) in [5.74, 6) is -0.412. The van der Waals surface area contributed by atoms with Gasteiger partial charge in [0.25, 0.3) is 0 Å². The number of benzene rings is 1. The number of furan rings is 1. The van der Waals surface area contributed by atoms with E-state index < -0.39 is 5.97 Å². The highest BCUT2D eigenvalue weighted by atomic mass is 16.5. The number of para-hydroxylation sites is 1. The Kier molecular flexibility index (Phi) is 4.79. The predicted octanol–water partition coefficient (Wildman–Crippen LogP) is 3.13. The molecule has 5 nitrogen and oxygen atoms in total. The minimum atomic E-state index is -0.989. The summed E-state index contributed by atoms with van der Waals surface area (Å²) in [6.07, 6.45) is 1.24. The van der Waals surface area contributed by atoms with Gasteiger partial charge in [0.15, 0.2) is 0 Å². The molecule has 0 spiro atoms. The molecule has 5 heteroatoms. The molecule has 0 aliphatic carbocycles. The lowest BCUT2D eigenvalue weighted by atomic mass is 10.2. The van der Waals surface area contributed by atoms with Crippen molar-refractivity contribution in [2.24, 2.45) is 0 Å². The van der Waals surface area contributed by atoms with Crippen molar-refractivity contribution in [3.8, 4) is 0 Å². The molecular formula is C15H17NO4. The summed E-state index contributed by atoms with van der Waals surface area (Å²) >= 11 is 0. The molecule has 0 radical (unpaired) electrons. The second-order valence-corrected chi connectivity index (χ2v) is 4.25. The fraction of sp³-hybridized carbons (Fsp3) is 0.267. The van der Waals surface area contributed by atoms with E-state index in [1.165, 1.54) is 12.3 Å². The summed E-state index contributed by atoms with van der Waals surface area (Å²) in [5.41, 5.74) is 2.16. The highest BCUT2D eigenvalue weighted by Crippen LogP contribution is 2.18. The number of aromatic carboxylic acids is 1. The Bertz CT molecular complexity index is 577. The number of carbonyl (C=O) groups is 1. The van der Waals surface area contributed by atoms with E-state index in [1.807, 2.05) is 31.2 Å². The Morgan fingerprint density at radius 3 is 2.90 bits per heavy atom. The lowest BCUT2D eigenvalue weighted by molar-refractivity contribution is 0.0696. The van der Waals surface area contributed by atoms with Gasteiger partial charge in [-0.25, -0.2) is 4.79 Å². The minimum absolute atomic E-state index is 0.157. The Morgan fingerprint density at radius 2 is 2.20 bits per heavy atom. The normalized spacial score (nSPS) is 10.4. The Hall–Kier alpha value is -2.27. The van der Waals surface area contributed by atoms with Crippen LogP contribution in [-0.2, 0) is 17.9 Å². The molecule has 106 valence electrons. The predicted molar refractivity (Wildman–Crippen MR) is 74.8 cm³/mol. The molecule has 2 aromatic rings. The van der Waals surface area contributed by atoms with Gasteiger partial charge in [0.1, 0.15) is 12.0 Å². The van der Waals surface area contributed by atoms with E-state index in [-0.39, 0.29) is 5.56 Å². The molecule has 0 aliphatic heterocycles. The Balaban J connectivity index is 2.00. The number of carboxylic acid groups (broad SMARTS) is 1. The molecule has 0 aliphatic rings. The zero-order valence-electron chi connectivity index (χ0n) is 11.3. The first-order valence-electron chi connectivity index (χ1n) is 6.41. The number of hydrogen-bond donors (Lipinski definition) is 2. The molecule has 0 unspecified atom stereocenters. The molecule has 0 bridgehead atoms. The maximum absolute atomic E-state index is 10.8. The van der Waals surface area contributed by atoms with Crippen molar-refractivity contribution >= 4 is 11.7 Å². The number of anilines is 1. The van der Waals surface area contributed by atoms with Crippen molar-refractivity contribution in [3.05, 3.63) is 53.5 Å². The summed E-state index contributed by atoms with van der Waals surface area (Å²) in [6, 6.07) is 9.34. The van der Waals surface area contributed by atoms with Gasteiger partial charge in [-0.15, -0.1) is 0 Å². The van der Waals surface area contributed by atoms with Crippen LogP contribution in [0, 0.1) is 0 Å². The van der Waals surface area contributed by atoms with Gasteiger partial charge in [0, 0.05) is 17.9 Å². The third kappa shape index (κ3) is 3.61. The maximum Gasteiger partial charge on any atom is 0.338 e. The lowest BCUT2D eigenvalue weighted by Gasteiger charge is -2.10. The molecule has 1 heterocycles. The number of ether oxygens (including phenoxy) is 1. The number of rotatable bonds is 7. The van der Waals surface area contributed by atoms with Gasteiger partial charge < -0.3 is 19.6 Å². The van der Waals surface area contributed by atoms with E-state index in [1.54, 1.807) is 0 Å². The first-order chi connectivity index (χ1) is 9.70. The zero-order valence-corrected chi connectivity index (χ0v) is 11.3. The van der Waals surface area contributed by atoms with E-state index in [0.717, 1.165) is 11.3 Å². The first kappa shape index (κ1) is 14.1. The fourth-order valence-electron chi connectivity index (χ4n) is 1.80. The van der Waals surface area contributed by atoms with Crippen LogP contribution in [0.1, 0.15) is 28.6 Å². The summed E-state index contributed by atoms with van der Waals surface area (Å²) < 4.78 is 10.6. The highest BCUT2D eigenvalue weighted by Gasteiger charge is 2.08. The summed E-state index contributed by atoms with van der Waals surface area (Å²) in [5, 5.41) is 12.1. The molecule has 0 saturated heterocycles. The second-order valence-electron chi connectivity index (χ2n) is 4.25.